The Hall–Kier alpha value is -2.07. The molecular formula is C18H18BrNO2. The maximum absolute atomic E-state index is 11.8. The number of benzene rings is 2. The Morgan fingerprint density at radius 1 is 1.18 bits per heavy atom. The molecule has 0 radical (unpaired) electrons. The van der Waals surface area contributed by atoms with Crippen molar-refractivity contribution in [2.45, 2.75) is 6.42 Å². The van der Waals surface area contributed by atoms with E-state index in [4.69, 9.17) is 4.74 Å². The van der Waals surface area contributed by atoms with Crippen molar-refractivity contribution in [3.05, 3.63) is 70.2 Å². The zero-order valence-corrected chi connectivity index (χ0v) is 14.0. The van der Waals surface area contributed by atoms with Gasteiger partial charge in [0.25, 0.3) is 0 Å². The first kappa shape index (κ1) is 16.3. The monoisotopic (exact) mass is 359 g/mol. The highest BCUT2D eigenvalue weighted by Crippen LogP contribution is 2.17. The summed E-state index contributed by atoms with van der Waals surface area (Å²) >= 11 is 3.45. The molecule has 114 valence electrons. The predicted molar refractivity (Wildman–Crippen MR) is 92.9 cm³/mol. The van der Waals surface area contributed by atoms with Crippen LogP contribution < -0.4 is 10.1 Å². The highest BCUT2D eigenvalue weighted by Gasteiger charge is 1.99. The lowest BCUT2D eigenvalue weighted by Crippen LogP contribution is -2.23. The SMILES string of the molecule is COc1ccc(CCNC(=O)/C=C/c2ccccc2Br)cc1. The van der Waals surface area contributed by atoms with Crippen LogP contribution in [0.15, 0.2) is 59.1 Å². The van der Waals surface area contributed by atoms with Crippen LogP contribution in [-0.2, 0) is 11.2 Å². The van der Waals surface area contributed by atoms with Crippen LogP contribution in [0.1, 0.15) is 11.1 Å². The number of nitrogens with one attached hydrogen (secondary N) is 1. The maximum Gasteiger partial charge on any atom is 0.244 e. The molecule has 2 aromatic carbocycles. The number of halogens is 1. The van der Waals surface area contributed by atoms with Gasteiger partial charge in [0.15, 0.2) is 0 Å². The molecule has 0 unspecified atom stereocenters. The van der Waals surface area contributed by atoms with Crippen LogP contribution >= 0.6 is 15.9 Å². The number of carbonyl (C=O) groups excluding carboxylic acids is 1. The van der Waals surface area contributed by atoms with Crippen molar-refractivity contribution in [2.75, 3.05) is 13.7 Å². The lowest BCUT2D eigenvalue weighted by molar-refractivity contribution is -0.116. The van der Waals surface area contributed by atoms with E-state index in [9.17, 15) is 4.79 Å². The highest BCUT2D eigenvalue weighted by atomic mass is 79.9. The van der Waals surface area contributed by atoms with Gasteiger partial charge in [-0.2, -0.15) is 0 Å². The van der Waals surface area contributed by atoms with E-state index < -0.39 is 0 Å². The molecule has 0 atom stereocenters. The fourth-order valence-electron chi connectivity index (χ4n) is 1.96. The average Bonchev–Trinajstić information content (AvgIpc) is 2.55. The first-order chi connectivity index (χ1) is 10.7. The van der Waals surface area contributed by atoms with E-state index in [2.05, 4.69) is 21.2 Å². The average molecular weight is 360 g/mol. The van der Waals surface area contributed by atoms with Crippen molar-refractivity contribution in [2.24, 2.45) is 0 Å². The van der Waals surface area contributed by atoms with Crippen molar-refractivity contribution in [3.63, 3.8) is 0 Å². The summed E-state index contributed by atoms with van der Waals surface area (Å²) in [5.74, 6) is 0.744. The lowest BCUT2D eigenvalue weighted by Gasteiger charge is -2.04. The van der Waals surface area contributed by atoms with E-state index in [0.717, 1.165) is 27.8 Å². The summed E-state index contributed by atoms with van der Waals surface area (Å²) in [6.45, 7) is 0.603. The van der Waals surface area contributed by atoms with Gasteiger partial charge in [-0.25, -0.2) is 0 Å². The molecule has 0 saturated heterocycles. The smallest absolute Gasteiger partial charge is 0.244 e. The van der Waals surface area contributed by atoms with Gasteiger partial charge in [0.05, 0.1) is 7.11 Å². The van der Waals surface area contributed by atoms with Crippen LogP contribution in [-0.4, -0.2) is 19.6 Å². The summed E-state index contributed by atoms with van der Waals surface area (Å²) < 4.78 is 6.08. The fraction of sp³-hybridized carbons (Fsp3) is 0.167. The second-order valence-electron chi connectivity index (χ2n) is 4.74. The highest BCUT2D eigenvalue weighted by molar-refractivity contribution is 9.10. The van der Waals surface area contributed by atoms with Crippen molar-refractivity contribution >= 4 is 27.9 Å². The molecular weight excluding hydrogens is 342 g/mol. The summed E-state index contributed by atoms with van der Waals surface area (Å²) in [7, 11) is 1.65. The Balaban J connectivity index is 1.79. The molecule has 0 spiro atoms. The first-order valence-corrected chi connectivity index (χ1v) is 7.81. The molecule has 1 amide bonds. The van der Waals surface area contributed by atoms with E-state index in [-0.39, 0.29) is 5.91 Å². The minimum absolute atomic E-state index is 0.0933. The zero-order chi connectivity index (χ0) is 15.8. The van der Waals surface area contributed by atoms with Crippen molar-refractivity contribution in [1.29, 1.82) is 0 Å². The first-order valence-electron chi connectivity index (χ1n) is 7.02. The normalized spacial score (nSPS) is 10.6. The molecule has 22 heavy (non-hydrogen) atoms. The van der Waals surface area contributed by atoms with Crippen LogP contribution in [0.3, 0.4) is 0 Å². The van der Waals surface area contributed by atoms with Crippen molar-refractivity contribution in [1.82, 2.24) is 5.32 Å². The predicted octanol–water partition coefficient (Wildman–Crippen LogP) is 3.83. The third kappa shape index (κ3) is 5.04. The Labute approximate surface area is 139 Å². The molecule has 2 rings (SSSR count). The second kappa shape index (κ2) is 8.39. The Bertz CT molecular complexity index is 650. The lowest BCUT2D eigenvalue weighted by atomic mass is 10.1. The van der Waals surface area contributed by atoms with Crippen molar-refractivity contribution in [3.8, 4) is 5.75 Å². The summed E-state index contributed by atoms with van der Waals surface area (Å²) in [6, 6.07) is 15.6. The molecule has 0 heterocycles. The van der Waals surface area contributed by atoms with E-state index in [1.54, 1.807) is 19.3 Å². The van der Waals surface area contributed by atoms with Gasteiger partial charge in [0, 0.05) is 17.1 Å². The molecule has 0 aliphatic carbocycles. The van der Waals surface area contributed by atoms with Gasteiger partial charge in [0.1, 0.15) is 5.75 Å². The number of carbonyl (C=O) groups is 1. The quantitative estimate of drug-likeness (QED) is 0.796. The zero-order valence-electron chi connectivity index (χ0n) is 12.4. The molecule has 2 aromatic rings. The third-order valence-corrected chi connectivity index (χ3v) is 3.91. The van der Waals surface area contributed by atoms with Crippen LogP contribution in [0.2, 0.25) is 0 Å². The molecule has 0 fully saturated rings. The van der Waals surface area contributed by atoms with Crippen LogP contribution in [0.25, 0.3) is 6.08 Å². The van der Waals surface area contributed by atoms with E-state index in [1.807, 2.05) is 48.5 Å². The fourth-order valence-corrected chi connectivity index (χ4v) is 2.37. The summed E-state index contributed by atoms with van der Waals surface area (Å²) in [4.78, 5) is 11.8. The molecule has 1 N–H and O–H groups in total. The van der Waals surface area contributed by atoms with Crippen LogP contribution in [0.5, 0.6) is 5.75 Å². The molecule has 0 aliphatic heterocycles. The molecule has 3 nitrogen and oxygen atoms in total. The van der Waals surface area contributed by atoms with E-state index >= 15 is 0 Å². The van der Waals surface area contributed by atoms with Crippen LogP contribution in [0.4, 0.5) is 0 Å². The summed E-state index contributed by atoms with van der Waals surface area (Å²) in [5, 5.41) is 2.88. The molecule has 0 aliphatic rings. The molecule has 4 heteroatoms. The maximum atomic E-state index is 11.8. The Morgan fingerprint density at radius 2 is 1.91 bits per heavy atom. The standard InChI is InChI=1S/C18H18BrNO2/c1-22-16-9-6-14(7-10-16)12-13-20-18(21)11-8-15-4-2-3-5-17(15)19/h2-11H,12-13H2,1H3,(H,20,21)/b11-8+. The van der Waals surface area contributed by atoms with Gasteiger partial charge < -0.3 is 10.1 Å². The minimum Gasteiger partial charge on any atom is -0.497 e. The minimum atomic E-state index is -0.0933. The summed E-state index contributed by atoms with van der Waals surface area (Å²) in [6.07, 6.45) is 4.14. The van der Waals surface area contributed by atoms with Crippen molar-refractivity contribution < 1.29 is 9.53 Å². The van der Waals surface area contributed by atoms with E-state index in [0.29, 0.717) is 6.54 Å². The third-order valence-electron chi connectivity index (χ3n) is 3.19. The van der Waals surface area contributed by atoms with Gasteiger partial charge in [-0.05, 0) is 41.8 Å². The number of hydrogen-bond acceptors (Lipinski definition) is 2. The number of hydrogen-bond donors (Lipinski definition) is 1. The number of amides is 1. The van der Waals surface area contributed by atoms with Gasteiger partial charge >= 0.3 is 0 Å². The molecule has 0 bridgehead atoms. The largest absolute Gasteiger partial charge is 0.497 e. The Kier molecular flexibility index (Phi) is 6.22. The van der Waals surface area contributed by atoms with Gasteiger partial charge in [0.2, 0.25) is 5.91 Å². The number of rotatable bonds is 6. The topological polar surface area (TPSA) is 38.3 Å². The second-order valence-corrected chi connectivity index (χ2v) is 5.60. The van der Waals surface area contributed by atoms with Gasteiger partial charge in [-0.1, -0.05) is 46.3 Å². The number of methoxy groups -OCH3 is 1. The Morgan fingerprint density at radius 3 is 2.59 bits per heavy atom. The van der Waals surface area contributed by atoms with Gasteiger partial charge in [-0.3, -0.25) is 4.79 Å². The molecule has 0 saturated carbocycles. The van der Waals surface area contributed by atoms with E-state index in [1.165, 1.54) is 0 Å². The number of ether oxygens (including phenoxy) is 1. The van der Waals surface area contributed by atoms with Gasteiger partial charge in [-0.15, -0.1) is 0 Å². The van der Waals surface area contributed by atoms with Crippen LogP contribution in [0, 0.1) is 0 Å². The summed E-state index contributed by atoms with van der Waals surface area (Å²) in [5.41, 5.74) is 2.14. The molecule has 0 aromatic heterocycles.